The van der Waals surface area contributed by atoms with Crippen LogP contribution in [0.2, 0.25) is 0 Å². The molecule has 30 heavy (non-hydrogen) atoms. The van der Waals surface area contributed by atoms with E-state index in [0.29, 0.717) is 0 Å². The monoisotopic (exact) mass is 476 g/mol. The van der Waals surface area contributed by atoms with Gasteiger partial charge in [0.05, 0.1) is 0 Å². The number of hydrogen-bond acceptors (Lipinski definition) is 3. The number of carbonyl (C=O) groups is 2. The molecule has 0 aliphatic carbocycles. The Balaban J connectivity index is 6.76. The quantitative estimate of drug-likeness (QED) is 0.401. The number of imide groups is 1. The Labute approximate surface area is 156 Å². The molecule has 0 saturated heterocycles. The van der Waals surface area contributed by atoms with Crippen LogP contribution in [0.15, 0.2) is 25.6 Å². The Bertz CT molecular complexity index is 651. The van der Waals surface area contributed by atoms with E-state index in [2.05, 4.69) is 13.2 Å². The Kier molecular flexibility index (Phi) is 6.95. The molecule has 18 heteroatoms. The molecule has 0 aromatic rings. The second-order valence-electron chi connectivity index (χ2n) is 4.96. The summed E-state index contributed by atoms with van der Waals surface area (Å²) in [5.41, 5.74) is 0. The van der Waals surface area contributed by atoms with Crippen molar-refractivity contribution in [2.24, 2.45) is 0 Å². The van der Waals surface area contributed by atoms with Crippen LogP contribution in [-0.4, -0.2) is 57.9 Å². The maximum atomic E-state index is 13.5. The zero-order valence-electron chi connectivity index (χ0n) is 13.6. The SMILES string of the molecule is C=CN(C=C)N(C(=O)C(F)(F)C(F)(F)C(F)(F)F)C(=O)C(F)(F)C(F)(F)C(F)(F)F. The third-order valence-corrected chi connectivity index (χ3v) is 3.03. The van der Waals surface area contributed by atoms with E-state index in [1.54, 1.807) is 0 Å². The summed E-state index contributed by atoms with van der Waals surface area (Å²) in [4.78, 5) is 22.9. The topological polar surface area (TPSA) is 40.6 Å². The van der Waals surface area contributed by atoms with Gasteiger partial charge in [0.25, 0.3) is 0 Å². The number of alkyl halides is 14. The lowest BCUT2D eigenvalue weighted by molar-refractivity contribution is -0.352. The molecule has 4 nitrogen and oxygen atoms in total. The number of rotatable bonds is 7. The van der Waals surface area contributed by atoms with Gasteiger partial charge in [0.15, 0.2) is 0 Å². The van der Waals surface area contributed by atoms with Crippen LogP contribution in [0, 0.1) is 0 Å². The minimum atomic E-state index is -7.38. The fourth-order valence-corrected chi connectivity index (χ4v) is 1.43. The van der Waals surface area contributed by atoms with Gasteiger partial charge in [-0.3, -0.25) is 14.6 Å². The molecule has 0 saturated carbocycles. The number of hydrazine groups is 1. The molecule has 0 aromatic carbocycles. The van der Waals surface area contributed by atoms with Crippen LogP contribution in [0.1, 0.15) is 0 Å². The smallest absolute Gasteiger partial charge is 0.265 e. The molecule has 0 spiro atoms. The molecule has 0 aliphatic heterocycles. The highest BCUT2D eigenvalue weighted by Crippen LogP contribution is 2.50. The second kappa shape index (κ2) is 7.60. The van der Waals surface area contributed by atoms with Gasteiger partial charge < -0.3 is 0 Å². The number of carbonyl (C=O) groups excluding carboxylic acids is 2. The molecule has 2 amide bonds. The van der Waals surface area contributed by atoms with Crippen molar-refractivity contribution in [3.05, 3.63) is 25.6 Å². The predicted molar refractivity (Wildman–Crippen MR) is 66.0 cm³/mol. The Morgan fingerprint density at radius 3 is 0.967 bits per heavy atom. The molecular weight excluding hydrogens is 470 g/mol. The van der Waals surface area contributed by atoms with Crippen LogP contribution in [0.3, 0.4) is 0 Å². The van der Waals surface area contributed by atoms with Crippen LogP contribution in [0.5, 0.6) is 0 Å². The third kappa shape index (κ3) is 4.03. The minimum absolute atomic E-state index is 0.258. The Morgan fingerprint density at radius 2 is 0.800 bits per heavy atom. The lowest BCUT2D eigenvalue weighted by atomic mass is 10.1. The van der Waals surface area contributed by atoms with Crippen LogP contribution < -0.4 is 0 Å². The van der Waals surface area contributed by atoms with Crippen molar-refractivity contribution < 1.29 is 71.1 Å². The molecule has 0 rings (SSSR count). The van der Waals surface area contributed by atoms with Gasteiger partial charge in [-0.2, -0.15) is 66.5 Å². The van der Waals surface area contributed by atoms with E-state index in [1.807, 2.05) is 0 Å². The second-order valence-corrected chi connectivity index (χ2v) is 4.96. The Hall–Kier alpha value is -2.56. The van der Waals surface area contributed by atoms with Crippen molar-refractivity contribution in [3.8, 4) is 0 Å². The van der Waals surface area contributed by atoms with Gasteiger partial charge in [-0.1, -0.05) is 13.2 Å². The summed E-state index contributed by atoms with van der Waals surface area (Å²) in [6, 6.07) is 0. The van der Waals surface area contributed by atoms with Gasteiger partial charge in [0, 0.05) is 12.4 Å². The van der Waals surface area contributed by atoms with Gasteiger partial charge in [0.2, 0.25) is 0 Å². The van der Waals surface area contributed by atoms with Gasteiger partial charge in [-0.15, -0.1) is 0 Å². The lowest BCUT2D eigenvalue weighted by Gasteiger charge is -2.37. The van der Waals surface area contributed by atoms with Crippen LogP contribution in [0.25, 0.3) is 0 Å². The zero-order chi connectivity index (χ0) is 24.7. The summed E-state index contributed by atoms with van der Waals surface area (Å²) in [6.45, 7) is 5.01. The molecule has 0 unspecified atom stereocenters. The average molecular weight is 476 g/mol. The largest absolute Gasteiger partial charge is 0.460 e. The summed E-state index contributed by atoms with van der Waals surface area (Å²) in [7, 11) is 0. The molecule has 0 radical (unpaired) electrons. The van der Waals surface area contributed by atoms with E-state index in [4.69, 9.17) is 0 Å². The molecule has 0 fully saturated rings. The third-order valence-electron chi connectivity index (χ3n) is 3.03. The van der Waals surface area contributed by atoms with Gasteiger partial charge in [-0.25, -0.2) is 0 Å². The number of halogens is 14. The number of hydrogen-bond donors (Lipinski definition) is 0. The fourth-order valence-electron chi connectivity index (χ4n) is 1.43. The van der Waals surface area contributed by atoms with Crippen molar-refractivity contribution in [1.82, 2.24) is 10.0 Å². The summed E-state index contributed by atoms with van der Waals surface area (Å²) < 4.78 is 179. The molecule has 0 aromatic heterocycles. The van der Waals surface area contributed by atoms with Crippen molar-refractivity contribution in [2.45, 2.75) is 36.0 Å². The molecule has 0 N–H and O–H groups in total. The minimum Gasteiger partial charge on any atom is -0.265 e. The van der Waals surface area contributed by atoms with E-state index < -0.39 is 57.9 Å². The standard InChI is InChI=1S/C12H6F14N2O2/c1-3-27(4-2)28(5(29)7(13,14)9(17,18)11(21,22)23)6(30)8(15,16)10(19,20)12(24,25)26/h3-4H,1-2H2. The first-order valence-corrected chi connectivity index (χ1v) is 6.53. The van der Waals surface area contributed by atoms with E-state index in [9.17, 15) is 71.1 Å². The highest BCUT2D eigenvalue weighted by molar-refractivity contribution is 6.02. The Morgan fingerprint density at radius 1 is 0.567 bits per heavy atom. The highest BCUT2D eigenvalue weighted by Gasteiger charge is 2.81. The summed E-state index contributed by atoms with van der Waals surface area (Å²) in [5.74, 6) is -37.5. The average Bonchev–Trinajstić information content (AvgIpc) is 2.55. The molecule has 0 bridgehead atoms. The van der Waals surface area contributed by atoms with Gasteiger partial charge >= 0.3 is 47.9 Å². The number of nitrogens with zero attached hydrogens (tertiary/aromatic N) is 2. The van der Waals surface area contributed by atoms with E-state index in [-0.39, 0.29) is 12.4 Å². The fraction of sp³-hybridized carbons (Fsp3) is 0.500. The predicted octanol–water partition coefficient (Wildman–Crippen LogP) is 4.51. The van der Waals surface area contributed by atoms with E-state index in [0.717, 1.165) is 0 Å². The van der Waals surface area contributed by atoms with E-state index in [1.165, 1.54) is 0 Å². The van der Waals surface area contributed by atoms with Crippen LogP contribution in [-0.2, 0) is 9.59 Å². The zero-order valence-corrected chi connectivity index (χ0v) is 13.6. The summed E-state index contributed by atoms with van der Waals surface area (Å²) in [6.07, 6.45) is -15.0. The molecular formula is C12H6F14N2O2. The maximum absolute atomic E-state index is 13.5. The maximum Gasteiger partial charge on any atom is 0.460 e. The molecule has 0 atom stereocenters. The molecule has 0 heterocycles. The first-order chi connectivity index (χ1) is 13.0. The van der Waals surface area contributed by atoms with Crippen molar-refractivity contribution in [3.63, 3.8) is 0 Å². The van der Waals surface area contributed by atoms with Crippen LogP contribution in [0.4, 0.5) is 61.5 Å². The number of amides is 2. The first-order valence-electron chi connectivity index (χ1n) is 6.53. The highest BCUT2D eigenvalue weighted by atomic mass is 19.4. The first kappa shape index (κ1) is 27.4. The lowest BCUT2D eigenvalue weighted by Crippen LogP contribution is -2.67. The van der Waals surface area contributed by atoms with Crippen LogP contribution >= 0.6 is 0 Å². The van der Waals surface area contributed by atoms with Crippen molar-refractivity contribution >= 4 is 11.8 Å². The van der Waals surface area contributed by atoms with Crippen molar-refractivity contribution in [1.29, 1.82) is 0 Å². The van der Waals surface area contributed by atoms with E-state index >= 15 is 0 Å². The molecule has 174 valence electrons. The summed E-state index contributed by atoms with van der Waals surface area (Å²) in [5, 5.41) is -3.15. The van der Waals surface area contributed by atoms with Crippen molar-refractivity contribution in [2.75, 3.05) is 0 Å². The van der Waals surface area contributed by atoms with Gasteiger partial charge in [-0.05, 0) is 0 Å². The van der Waals surface area contributed by atoms with Gasteiger partial charge in [0.1, 0.15) is 0 Å². The summed E-state index contributed by atoms with van der Waals surface area (Å²) >= 11 is 0. The normalized spacial score (nSPS) is 14.2. The molecule has 0 aliphatic rings.